The molecule has 33 heavy (non-hydrogen) atoms. The molecule has 0 fully saturated rings. The highest BCUT2D eigenvalue weighted by molar-refractivity contribution is 7.63. The molecule has 2 aromatic carbocycles. The zero-order valence-corrected chi connectivity index (χ0v) is 24.2. The molecule has 0 aromatic heterocycles. The van der Waals surface area contributed by atoms with Crippen LogP contribution in [0.1, 0.15) is 108 Å². The van der Waals surface area contributed by atoms with Crippen LogP contribution in [0.4, 0.5) is 11.4 Å². The molecular formula is C29H42N2PSi. The summed E-state index contributed by atoms with van der Waals surface area (Å²) < 4.78 is 5.17. The maximum Gasteiger partial charge on any atom is 0.331 e. The molecule has 0 N–H and O–H groups in total. The first-order valence-corrected chi connectivity index (χ1v) is 15.5. The van der Waals surface area contributed by atoms with Crippen LogP contribution in [0.3, 0.4) is 0 Å². The Bertz CT molecular complexity index is 999. The minimum atomic E-state index is -1.28. The molecule has 1 radical (unpaired) electrons. The van der Waals surface area contributed by atoms with E-state index in [1.165, 1.54) is 39.3 Å². The molecule has 0 aliphatic carbocycles. The van der Waals surface area contributed by atoms with E-state index in [-0.39, 0.29) is 0 Å². The minimum Gasteiger partial charge on any atom is -0.350 e. The van der Waals surface area contributed by atoms with E-state index in [0.29, 0.717) is 23.7 Å². The van der Waals surface area contributed by atoms with Crippen LogP contribution in [-0.4, -0.2) is 8.79 Å². The monoisotopic (exact) mass is 477 g/mol. The lowest BCUT2D eigenvalue weighted by Gasteiger charge is -2.46. The van der Waals surface area contributed by atoms with E-state index in [2.05, 4.69) is 129 Å². The smallest absolute Gasteiger partial charge is 0.331 e. The number of hydrogen-bond acceptors (Lipinski definition) is 2. The van der Waals surface area contributed by atoms with Crippen molar-refractivity contribution in [1.82, 2.24) is 0 Å². The van der Waals surface area contributed by atoms with Gasteiger partial charge in [-0.2, -0.15) is 0 Å². The van der Waals surface area contributed by atoms with E-state index in [4.69, 9.17) is 0 Å². The molecule has 1 aliphatic rings. The summed E-state index contributed by atoms with van der Waals surface area (Å²) >= 11 is 0. The van der Waals surface area contributed by atoms with Crippen LogP contribution in [0, 0.1) is 0 Å². The van der Waals surface area contributed by atoms with Crippen LogP contribution >= 0.6 is 8.79 Å². The summed E-state index contributed by atoms with van der Waals surface area (Å²) in [7, 11) is 1.97. The van der Waals surface area contributed by atoms with Gasteiger partial charge < -0.3 is 9.13 Å². The third-order valence-electron chi connectivity index (χ3n) is 6.61. The van der Waals surface area contributed by atoms with Gasteiger partial charge in [0.1, 0.15) is 0 Å². The molecular weight excluding hydrogens is 435 g/mol. The van der Waals surface area contributed by atoms with E-state index in [9.17, 15) is 0 Å². The van der Waals surface area contributed by atoms with Crippen LogP contribution in [0.5, 0.6) is 0 Å². The summed E-state index contributed by atoms with van der Waals surface area (Å²) in [5.41, 5.74) is 10.8. The van der Waals surface area contributed by atoms with Gasteiger partial charge in [0.25, 0.3) is 0 Å². The van der Waals surface area contributed by atoms with Crippen molar-refractivity contribution < 1.29 is 0 Å². The highest BCUT2D eigenvalue weighted by atomic mass is 31.3. The second-order valence-corrected chi connectivity index (χ2v) is 13.7. The van der Waals surface area contributed by atoms with Crippen LogP contribution in [-0.2, 0) is 0 Å². The normalized spacial score (nSPS) is 15.5. The van der Waals surface area contributed by atoms with E-state index < -0.39 is 8.79 Å². The van der Waals surface area contributed by atoms with Crippen molar-refractivity contribution in [2.45, 2.75) is 86.0 Å². The molecule has 1 aliphatic heterocycles. The Hall–Kier alpha value is -1.83. The fourth-order valence-corrected chi connectivity index (χ4v) is 8.73. The Morgan fingerprint density at radius 1 is 0.667 bits per heavy atom. The van der Waals surface area contributed by atoms with E-state index in [1.807, 2.05) is 0 Å². The van der Waals surface area contributed by atoms with Crippen molar-refractivity contribution in [2.75, 3.05) is 9.13 Å². The molecule has 1 atom stereocenters. The van der Waals surface area contributed by atoms with Gasteiger partial charge in [0, 0.05) is 22.8 Å². The first-order chi connectivity index (χ1) is 15.5. The van der Waals surface area contributed by atoms with Crippen molar-refractivity contribution in [1.29, 1.82) is 0 Å². The molecule has 2 nitrogen and oxygen atoms in total. The summed E-state index contributed by atoms with van der Waals surface area (Å²) in [6, 6.07) is 13.7. The van der Waals surface area contributed by atoms with Gasteiger partial charge in [-0.1, -0.05) is 98.4 Å². The summed E-state index contributed by atoms with van der Waals surface area (Å²) in [4.78, 5) is 0. The van der Waals surface area contributed by atoms with Crippen LogP contribution < -0.4 is 9.13 Å². The molecule has 1 heterocycles. The van der Waals surface area contributed by atoms with Crippen LogP contribution in [0.2, 0.25) is 0 Å². The number of nitrogens with zero attached hydrogens (tertiary/aromatic N) is 2. The maximum atomic E-state index is 4.55. The van der Waals surface area contributed by atoms with E-state index in [0.717, 1.165) is 5.70 Å². The summed E-state index contributed by atoms with van der Waals surface area (Å²) in [6.07, 6.45) is 2.28. The van der Waals surface area contributed by atoms with Gasteiger partial charge in [-0.15, -0.1) is 8.79 Å². The lowest BCUT2D eigenvalue weighted by molar-refractivity contribution is 0.825. The Kier molecular flexibility index (Phi) is 7.97. The molecule has 177 valence electrons. The number of hydrogen-bond donors (Lipinski definition) is 0. The molecule has 3 rings (SSSR count). The van der Waals surface area contributed by atoms with Gasteiger partial charge in [-0.05, 0) is 58.9 Å². The third kappa shape index (κ3) is 4.86. The SMILES string of the molecule is C=C1C=C(C)N(c2c(C(C)C)cccc2C(C)C)[Si](P)N1c1c(C(C)C)cccc1C(C)C. The van der Waals surface area contributed by atoms with Gasteiger partial charge in [-0.25, -0.2) is 0 Å². The number of allylic oxidation sites excluding steroid dienone is 2. The molecule has 2 aromatic rings. The Morgan fingerprint density at radius 3 is 1.33 bits per heavy atom. The standard InChI is InChI=1S/C29H42N2PSi/c1-18(2)24-13-11-14-25(19(3)4)28(24)30-22(9)17-23(10)31(33(30)32)29-26(20(5)6)15-12-16-27(29)21(7)8/h11-21H,9,32H2,1-8,10H3. The zero-order valence-electron chi connectivity index (χ0n) is 22.0. The van der Waals surface area contributed by atoms with Gasteiger partial charge in [0.2, 0.25) is 0 Å². The Morgan fingerprint density at radius 2 is 1.00 bits per heavy atom. The molecule has 0 amide bonds. The van der Waals surface area contributed by atoms with Crippen LogP contribution in [0.25, 0.3) is 0 Å². The molecule has 1 unspecified atom stereocenters. The second kappa shape index (κ2) is 10.2. The topological polar surface area (TPSA) is 6.48 Å². The fourth-order valence-electron chi connectivity index (χ4n) is 4.89. The second-order valence-electron chi connectivity index (χ2n) is 10.5. The number of benzene rings is 2. The quantitative estimate of drug-likeness (QED) is 0.303. The van der Waals surface area contributed by atoms with Crippen molar-refractivity contribution in [3.8, 4) is 0 Å². The fraction of sp³-hybridized carbons (Fsp3) is 0.448. The lowest BCUT2D eigenvalue weighted by Crippen LogP contribution is -2.52. The molecule has 0 saturated heterocycles. The first kappa shape index (κ1) is 25.8. The highest BCUT2D eigenvalue weighted by Crippen LogP contribution is 2.45. The number of para-hydroxylation sites is 2. The van der Waals surface area contributed by atoms with E-state index in [1.54, 1.807) is 0 Å². The predicted molar refractivity (Wildman–Crippen MR) is 153 cm³/mol. The van der Waals surface area contributed by atoms with Crippen molar-refractivity contribution >= 4 is 28.9 Å². The molecule has 4 heteroatoms. The van der Waals surface area contributed by atoms with Gasteiger partial charge in [0.05, 0.1) is 0 Å². The summed E-state index contributed by atoms with van der Waals surface area (Å²) in [5, 5.41) is 0. The average Bonchev–Trinajstić information content (AvgIpc) is 2.72. The summed E-state index contributed by atoms with van der Waals surface area (Å²) in [5.74, 6) is 1.81. The third-order valence-corrected chi connectivity index (χ3v) is 10.2. The maximum absolute atomic E-state index is 4.55. The minimum absolute atomic E-state index is 0.445. The Labute approximate surface area is 206 Å². The number of rotatable bonds is 6. The zero-order chi connectivity index (χ0) is 24.6. The Balaban J connectivity index is 2.30. The lowest BCUT2D eigenvalue weighted by atomic mass is 9.92. The largest absolute Gasteiger partial charge is 0.350 e. The van der Waals surface area contributed by atoms with Gasteiger partial charge in [-0.3, -0.25) is 0 Å². The van der Waals surface area contributed by atoms with Gasteiger partial charge >= 0.3 is 8.79 Å². The van der Waals surface area contributed by atoms with Crippen LogP contribution in [0.15, 0.2) is 60.4 Å². The van der Waals surface area contributed by atoms with Crippen molar-refractivity contribution in [2.24, 2.45) is 0 Å². The predicted octanol–water partition coefficient (Wildman–Crippen LogP) is 8.78. The number of anilines is 2. The van der Waals surface area contributed by atoms with E-state index >= 15 is 0 Å². The highest BCUT2D eigenvalue weighted by Gasteiger charge is 2.37. The molecule has 0 saturated carbocycles. The van der Waals surface area contributed by atoms with Gasteiger partial charge in [0.15, 0.2) is 0 Å². The molecule has 0 bridgehead atoms. The van der Waals surface area contributed by atoms with Crippen molar-refractivity contribution in [3.05, 3.63) is 82.7 Å². The first-order valence-electron chi connectivity index (χ1n) is 12.3. The molecule has 0 spiro atoms. The average molecular weight is 478 g/mol. The summed E-state index contributed by atoms with van der Waals surface area (Å²) in [6.45, 7) is 25.2. The van der Waals surface area contributed by atoms with Crippen molar-refractivity contribution in [3.63, 3.8) is 0 Å².